The van der Waals surface area contributed by atoms with Crippen molar-refractivity contribution >= 4 is 27.9 Å². The van der Waals surface area contributed by atoms with Crippen molar-refractivity contribution in [3.8, 4) is 0 Å². The molecule has 1 aliphatic heterocycles. The summed E-state index contributed by atoms with van der Waals surface area (Å²) in [4.78, 5) is 22.1. The SMILES string of the molecule is Cc1ccc2cc3cc(C(=O)NCCCN4CCN(Cc5ccccc5)CC4)oc3nc2c1. The second-order valence-corrected chi connectivity index (χ2v) is 8.90. The number of rotatable bonds is 7. The predicted molar refractivity (Wildman–Crippen MR) is 131 cm³/mol. The van der Waals surface area contributed by atoms with Crippen LogP contribution in [0.5, 0.6) is 0 Å². The standard InChI is InChI=1S/C27H30N4O2/c1-20-8-9-22-17-23-18-25(33-27(23)29-24(22)16-20)26(32)28-10-5-11-30-12-14-31(15-13-30)19-21-6-3-2-4-7-21/h2-4,6-9,16-18H,5,10-15,19H2,1H3,(H,28,32). The van der Waals surface area contributed by atoms with Gasteiger partial charge in [0.05, 0.1) is 5.52 Å². The van der Waals surface area contributed by atoms with Crippen molar-refractivity contribution in [2.24, 2.45) is 0 Å². The lowest BCUT2D eigenvalue weighted by atomic mass is 10.1. The number of hydrogen-bond donors (Lipinski definition) is 1. The van der Waals surface area contributed by atoms with Crippen LogP contribution in [0.15, 0.2) is 65.1 Å². The van der Waals surface area contributed by atoms with Crippen LogP contribution in [0.25, 0.3) is 22.0 Å². The van der Waals surface area contributed by atoms with Crippen molar-refractivity contribution in [1.82, 2.24) is 20.1 Å². The molecule has 4 aromatic rings. The maximum Gasteiger partial charge on any atom is 0.287 e. The van der Waals surface area contributed by atoms with Crippen molar-refractivity contribution in [1.29, 1.82) is 0 Å². The summed E-state index contributed by atoms with van der Waals surface area (Å²) in [6.45, 7) is 9.00. The number of benzene rings is 2. The Kier molecular flexibility index (Phi) is 6.37. The van der Waals surface area contributed by atoms with Crippen molar-refractivity contribution < 1.29 is 9.21 Å². The summed E-state index contributed by atoms with van der Waals surface area (Å²) < 4.78 is 5.75. The summed E-state index contributed by atoms with van der Waals surface area (Å²) in [6.07, 6.45) is 0.923. The first-order chi connectivity index (χ1) is 16.1. The van der Waals surface area contributed by atoms with E-state index in [0.717, 1.165) is 67.5 Å². The molecule has 6 heteroatoms. The predicted octanol–water partition coefficient (Wildman–Crippen LogP) is 4.23. The molecule has 170 valence electrons. The third kappa shape index (κ3) is 5.24. The Morgan fingerprint density at radius 2 is 1.76 bits per heavy atom. The van der Waals surface area contributed by atoms with Crippen molar-refractivity contribution in [3.05, 3.63) is 77.6 Å². The van der Waals surface area contributed by atoms with Crippen LogP contribution in [0.1, 0.15) is 28.1 Å². The van der Waals surface area contributed by atoms with Gasteiger partial charge >= 0.3 is 0 Å². The number of nitrogens with one attached hydrogen (secondary N) is 1. The summed E-state index contributed by atoms with van der Waals surface area (Å²) in [7, 11) is 0. The van der Waals surface area contributed by atoms with E-state index < -0.39 is 0 Å². The summed E-state index contributed by atoms with van der Waals surface area (Å²) >= 11 is 0. The molecule has 0 bridgehead atoms. The molecule has 6 nitrogen and oxygen atoms in total. The van der Waals surface area contributed by atoms with Crippen LogP contribution in [0.4, 0.5) is 0 Å². The highest BCUT2D eigenvalue weighted by atomic mass is 16.4. The molecule has 3 heterocycles. The fourth-order valence-corrected chi connectivity index (χ4v) is 4.45. The molecule has 1 fully saturated rings. The van der Waals surface area contributed by atoms with Crippen molar-refractivity contribution in [2.45, 2.75) is 19.9 Å². The van der Waals surface area contributed by atoms with E-state index in [4.69, 9.17) is 4.42 Å². The van der Waals surface area contributed by atoms with E-state index in [0.29, 0.717) is 18.0 Å². The molecule has 1 N–H and O–H groups in total. The lowest BCUT2D eigenvalue weighted by Crippen LogP contribution is -2.46. The van der Waals surface area contributed by atoms with Crippen LogP contribution in [0, 0.1) is 6.92 Å². The molecular formula is C27H30N4O2. The van der Waals surface area contributed by atoms with Gasteiger partial charge in [0.25, 0.3) is 5.91 Å². The van der Waals surface area contributed by atoms with Gasteiger partial charge in [-0.15, -0.1) is 0 Å². The van der Waals surface area contributed by atoms with E-state index >= 15 is 0 Å². The second kappa shape index (κ2) is 9.73. The molecular weight excluding hydrogens is 412 g/mol. The lowest BCUT2D eigenvalue weighted by Gasteiger charge is -2.34. The normalized spacial score (nSPS) is 15.3. The van der Waals surface area contributed by atoms with Gasteiger partial charge in [-0.2, -0.15) is 0 Å². The van der Waals surface area contributed by atoms with Crippen LogP contribution in [-0.4, -0.2) is 60.0 Å². The van der Waals surface area contributed by atoms with Crippen molar-refractivity contribution in [3.63, 3.8) is 0 Å². The maximum absolute atomic E-state index is 12.6. The van der Waals surface area contributed by atoms with E-state index in [1.165, 1.54) is 5.56 Å². The summed E-state index contributed by atoms with van der Waals surface area (Å²) in [5.74, 6) is 0.139. The Morgan fingerprint density at radius 1 is 0.970 bits per heavy atom. The molecule has 1 aliphatic rings. The Bertz CT molecular complexity index is 1240. The molecule has 5 rings (SSSR count). The second-order valence-electron chi connectivity index (χ2n) is 8.90. The fraction of sp³-hybridized carbons (Fsp3) is 0.333. The van der Waals surface area contributed by atoms with Crippen molar-refractivity contribution in [2.75, 3.05) is 39.3 Å². The molecule has 0 atom stereocenters. The highest BCUT2D eigenvalue weighted by Crippen LogP contribution is 2.23. The van der Waals surface area contributed by atoms with E-state index in [1.54, 1.807) is 6.07 Å². The van der Waals surface area contributed by atoms with Gasteiger partial charge in [0.1, 0.15) is 0 Å². The van der Waals surface area contributed by atoms with Crippen LogP contribution in [0.3, 0.4) is 0 Å². The largest absolute Gasteiger partial charge is 0.433 e. The van der Waals surface area contributed by atoms with Crippen LogP contribution >= 0.6 is 0 Å². The monoisotopic (exact) mass is 442 g/mol. The van der Waals surface area contributed by atoms with Gasteiger partial charge in [-0.3, -0.25) is 9.69 Å². The molecule has 0 radical (unpaired) electrons. The fourth-order valence-electron chi connectivity index (χ4n) is 4.45. The number of amides is 1. The van der Waals surface area contributed by atoms with Gasteiger partial charge in [0, 0.05) is 50.0 Å². The van der Waals surface area contributed by atoms with E-state index in [1.807, 2.05) is 25.1 Å². The molecule has 1 saturated heterocycles. The van der Waals surface area contributed by atoms with E-state index in [-0.39, 0.29) is 5.91 Å². The number of hydrogen-bond acceptors (Lipinski definition) is 5. The van der Waals surface area contributed by atoms with E-state index in [2.05, 4.69) is 56.5 Å². The smallest absolute Gasteiger partial charge is 0.287 e. The van der Waals surface area contributed by atoms with Crippen LogP contribution in [0.2, 0.25) is 0 Å². The number of aryl methyl sites for hydroxylation is 1. The Balaban J connectivity index is 1.07. The van der Waals surface area contributed by atoms with Gasteiger partial charge < -0.3 is 14.6 Å². The zero-order valence-electron chi connectivity index (χ0n) is 19.1. The number of piperazine rings is 1. The van der Waals surface area contributed by atoms with Gasteiger partial charge in [0.15, 0.2) is 5.76 Å². The molecule has 2 aromatic heterocycles. The quantitative estimate of drug-likeness (QED) is 0.434. The number of fused-ring (bicyclic) bond motifs is 2. The molecule has 0 spiro atoms. The maximum atomic E-state index is 12.6. The first-order valence-electron chi connectivity index (χ1n) is 11.7. The third-order valence-corrected chi connectivity index (χ3v) is 6.33. The molecule has 0 aliphatic carbocycles. The minimum absolute atomic E-state index is 0.180. The summed E-state index contributed by atoms with van der Waals surface area (Å²) in [5.41, 5.74) is 3.91. The topological polar surface area (TPSA) is 61.6 Å². The van der Waals surface area contributed by atoms with Crippen LogP contribution < -0.4 is 5.32 Å². The zero-order valence-corrected chi connectivity index (χ0v) is 19.1. The summed E-state index contributed by atoms with van der Waals surface area (Å²) in [6, 6.07) is 20.6. The van der Waals surface area contributed by atoms with Gasteiger partial charge in [-0.25, -0.2) is 4.98 Å². The van der Waals surface area contributed by atoms with Gasteiger partial charge in [-0.1, -0.05) is 42.5 Å². The molecule has 1 amide bonds. The molecule has 2 aromatic carbocycles. The lowest BCUT2D eigenvalue weighted by molar-refractivity contribution is 0.0921. The molecule has 0 saturated carbocycles. The van der Waals surface area contributed by atoms with Gasteiger partial charge in [0.2, 0.25) is 5.71 Å². The van der Waals surface area contributed by atoms with E-state index in [9.17, 15) is 4.79 Å². The Labute approximate surface area is 194 Å². The molecule has 0 unspecified atom stereocenters. The number of nitrogens with zero attached hydrogens (tertiary/aromatic N) is 3. The van der Waals surface area contributed by atoms with Gasteiger partial charge in [-0.05, 0) is 49.2 Å². The molecule has 33 heavy (non-hydrogen) atoms. The Morgan fingerprint density at radius 3 is 2.58 bits per heavy atom. The average Bonchev–Trinajstić information content (AvgIpc) is 3.25. The first kappa shape index (κ1) is 21.6. The number of aromatic nitrogens is 1. The Hall–Kier alpha value is -3.22. The number of pyridine rings is 1. The average molecular weight is 443 g/mol. The third-order valence-electron chi connectivity index (χ3n) is 6.33. The number of carbonyl (C=O) groups is 1. The zero-order chi connectivity index (χ0) is 22.6. The highest BCUT2D eigenvalue weighted by Gasteiger charge is 2.17. The minimum Gasteiger partial charge on any atom is -0.433 e. The summed E-state index contributed by atoms with van der Waals surface area (Å²) in [5, 5.41) is 4.89. The number of furan rings is 1. The number of carbonyl (C=O) groups excluding carboxylic acids is 1. The minimum atomic E-state index is -0.180. The first-order valence-corrected chi connectivity index (χ1v) is 11.7. The van der Waals surface area contributed by atoms with Crippen LogP contribution in [-0.2, 0) is 6.54 Å². The highest BCUT2D eigenvalue weighted by molar-refractivity contribution is 5.98.